The first-order valence-electron chi connectivity index (χ1n) is 11.8. The Bertz CT molecular complexity index is 1100. The molecule has 1 saturated heterocycles. The largest absolute Gasteiger partial charge is 0.496 e. The van der Waals surface area contributed by atoms with Crippen LogP contribution in [-0.2, 0) is 21.2 Å². The number of benzene rings is 1. The van der Waals surface area contributed by atoms with Gasteiger partial charge in [0.25, 0.3) is 10.0 Å². The number of sulfonamides is 1. The number of ketones is 1. The van der Waals surface area contributed by atoms with Gasteiger partial charge in [0.1, 0.15) is 15.7 Å². The Morgan fingerprint density at radius 1 is 1.12 bits per heavy atom. The number of thiophene rings is 1. The molecule has 1 aromatic heterocycles. The number of carbonyl (C=O) groups excluding carboxylic acids is 2. The maximum Gasteiger partial charge on any atom is 0.252 e. The van der Waals surface area contributed by atoms with Crippen LogP contribution in [-0.4, -0.2) is 44.6 Å². The van der Waals surface area contributed by atoms with E-state index in [1.807, 2.05) is 0 Å². The van der Waals surface area contributed by atoms with E-state index in [2.05, 4.69) is 6.92 Å². The first-order chi connectivity index (χ1) is 16.3. The number of hydrogen-bond donors (Lipinski definition) is 1. The summed E-state index contributed by atoms with van der Waals surface area (Å²) in [7, 11) is -2.11. The summed E-state index contributed by atoms with van der Waals surface area (Å²) >= 11 is 1.19. The van der Waals surface area contributed by atoms with E-state index >= 15 is 0 Å². The van der Waals surface area contributed by atoms with Gasteiger partial charge in [-0.15, -0.1) is 11.3 Å². The number of Topliss-reactive ketones (excluding diaryl/α,β-unsaturated/α-hetero) is 1. The Hall–Kier alpha value is -2.23. The van der Waals surface area contributed by atoms with Crippen molar-refractivity contribution in [3.8, 4) is 5.75 Å². The van der Waals surface area contributed by atoms with E-state index in [9.17, 15) is 18.0 Å². The predicted octanol–water partition coefficient (Wildman–Crippen LogP) is 4.39. The lowest BCUT2D eigenvalue weighted by molar-refractivity contribution is -0.124. The zero-order valence-corrected chi connectivity index (χ0v) is 21.6. The highest BCUT2D eigenvalue weighted by Crippen LogP contribution is 2.32. The number of rotatable bonds is 12. The molecule has 1 aromatic carbocycles. The van der Waals surface area contributed by atoms with E-state index in [4.69, 9.17) is 10.5 Å². The van der Waals surface area contributed by atoms with E-state index in [0.29, 0.717) is 55.6 Å². The van der Waals surface area contributed by atoms with E-state index < -0.39 is 15.9 Å². The summed E-state index contributed by atoms with van der Waals surface area (Å²) in [5.41, 5.74) is 6.52. The van der Waals surface area contributed by atoms with Gasteiger partial charge in [-0.05, 0) is 43.5 Å². The van der Waals surface area contributed by atoms with Crippen molar-refractivity contribution in [2.75, 3.05) is 20.2 Å². The molecule has 1 fully saturated rings. The second-order valence-corrected chi connectivity index (χ2v) is 12.0. The lowest BCUT2D eigenvalue weighted by Crippen LogP contribution is -2.39. The highest BCUT2D eigenvalue weighted by molar-refractivity contribution is 7.91. The first kappa shape index (κ1) is 26.4. The third kappa shape index (κ3) is 6.25. The summed E-state index contributed by atoms with van der Waals surface area (Å²) in [4.78, 5) is 25.1. The third-order valence-electron chi connectivity index (χ3n) is 6.39. The summed E-state index contributed by atoms with van der Waals surface area (Å²) in [6.07, 6.45) is 6.38. The third-order valence-corrected chi connectivity index (χ3v) is 9.84. The molecule has 0 bridgehead atoms. The molecule has 0 radical (unpaired) electrons. The van der Waals surface area contributed by atoms with Crippen molar-refractivity contribution in [2.45, 2.75) is 62.5 Å². The summed E-state index contributed by atoms with van der Waals surface area (Å²) in [6.45, 7) is 2.86. The molecule has 34 heavy (non-hydrogen) atoms. The fourth-order valence-electron chi connectivity index (χ4n) is 4.41. The highest BCUT2D eigenvalue weighted by atomic mass is 32.2. The van der Waals surface area contributed by atoms with Gasteiger partial charge in [0, 0.05) is 47.9 Å². The number of nitrogens with zero attached hydrogens (tertiary/aromatic N) is 1. The Balaban J connectivity index is 1.65. The van der Waals surface area contributed by atoms with Crippen molar-refractivity contribution in [3.63, 3.8) is 0 Å². The maximum absolute atomic E-state index is 13.2. The zero-order valence-electron chi connectivity index (χ0n) is 19.9. The molecule has 186 valence electrons. The maximum atomic E-state index is 13.2. The Morgan fingerprint density at radius 2 is 1.85 bits per heavy atom. The fraction of sp³-hybridized carbons (Fsp3) is 0.520. The number of ether oxygens (including phenoxy) is 1. The monoisotopic (exact) mass is 506 g/mol. The smallest absolute Gasteiger partial charge is 0.252 e. The van der Waals surface area contributed by atoms with Gasteiger partial charge in [-0.2, -0.15) is 4.31 Å². The van der Waals surface area contributed by atoms with Gasteiger partial charge in [-0.25, -0.2) is 8.42 Å². The van der Waals surface area contributed by atoms with Crippen molar-refractivity contribution in [1.82, 2.24) is 4.31 Å². The lowest BCUT2D eigenvalue weighted by Gasteiger charge is -2.30. The van der Waals surface area contributed by atoms with Gasteiger partial charge in [-0.3, -0.25) is 9.59 Å². The second-order valence-electron chi connectivity index (χ2n) is 8.70. The van der Waals surface area contributed by atoms with Crippen LogP contribution < -0.4 is 10.5 Å². The summed E-state index contributed by atoms with van der Waals surface area (Å²) in [5.74, 6) is 0.218. The normalized spacial score (nSPS) is 15.4. The van der Waals surface area contributed by atoms with Crippen molar-refractivity contribution >= 4 is 33.1 Å². The second kappa shape index (κ2) is 12.0. The molecule has 0 unspecified atom stereocenters. The minimum absolute atomic E-state index is 0.0373. The molecule has 2 N–H and O–H groups in total. The van der Waals surface area contributed by atoms with Crippen LogP contribution in [0.15, 0.2) is 34.5 Å². The number of methoxy groups -OCH3 is 1. The van der Waals surface area contributed by atoms with Crippen molar-refractivity contribution in [2.24, 2.45) is 11.7 Å². The Kier molecular flexibility index (Phi) is 9.27. The zero-order chi connectivity index (χ0) is 24.7. The predicted molar refractivity (Wildman–Crippen MR) is 134 cm³/mol. The average molecular weight is 507 g/mol. The van der Waals surface area contributed by atoms with E-state index in [1.165, 1.54) is 22.8 Å². The molecule has 0 atom stereocenters. The Morgan fingerprint density at radius 3 is 2.50 bits per heavy atom. The number of carbonyl (C=O) groups is 2. The van der Waals surface area contributed by atoms with Gasteiger partial charge < -0.3 is 10.5 Å². The molecule has 9 heteroatoms. The summed E-state index contributed by atoms with van der Waals surface area (Å²) in [5, 5.41) is 0. The van der Waals surface area contributed by atoms with Gasteiger partial charge in [0.15, 0.2) is 0 Å². The van der Waals surface area contributed by atoms with Crippen LogP contribution >= 0.6 is 11.3 Å². The van der Waals surface area contributed by atoms with Gasteiger partial charge >= 0.3 is 0 Å². The molecule has 1 amide bonds. The van der Waals surface area contributed by atoms with Crippen molar-refractivity contribution < 1.29 is 22.7 Å². The topological polar surface area (TPSA) is 107 Å². The van der Waals surface area contributed by atoms with Crippen LogP contribution in [0.25, 0.3) is 0 Å². The van der Waals surface area contributed by atoms with Crippen LogP contribution in [0, 0.1) is 5.92 Å². The number of amides is 1. The standard InChI is InChI=1S/C25H34N2O5S2/c1-3-4-5-6-9-22(28)18-13-15-27(16-14-18)34(30,31)24-12-11-19(33-24)17-21-20(25(26)29)8-7-10-23(21)32-2/h7-8,10-12,18H,3-6,9,13-17H2,1-2H3,(H2,26,29). The Labute approximate surface area is 206 Å². The van der Waals surface area contributed by atoms with Crippen LogP contribution in [0.1, 0.15) is 72.7 Å². The molecule has 0 saturated carbocycles. The number of nitrogens with two attached hydrogens (primary N) is 1. The van der Waals surface area contributed by atoms with Gasteiger partial charge in [0.2, 0.25) is 5.91 Å². The number of hydrogen-bond acceptors (Lipinski definition) is 6. The molecule has 0 spiro atoms. The van der Waals surface area contributed by atoms with Crippen molar-refractivity contribution in [1.29, 1.82) is 0 Å². The summed E-state index contributed by atoms with van der Waals surface area (Å²) in [6, 6.07) is 8.47. The molecular weight excluding hydrogens is 472 g/mol. The number of unbranched alkanes of at least 4 members (excludes halogenated alkanes) is 3. The molecule has 0 aliphatic carbocycles. The van der Waals surface area contributed by atoms with Crippen LogP contribution in [0.3, 0.4) is 0 Å². The molecule has 2 aromatic rings. The number of primary amides is 1. The minimum atomic E-state index is -3.63. The van der Waals surface area contributed by atoms with E-state index in [1.54, 1.807) is 30.3 Å². The van der Waals surface area contributed by atoms with Gasteiger partial charge in [-0.1, -0.05) is 32.3 Å². The quantitative estimate of drug-likeness (QED) is 0.430. The molecule has 7 nitrogen and oxygen atoms in total. The van der Waals surface area contributed by atoms with E-state index in [-0.39, 0.29) is 15.9 Å². The molecule has 1 aliphatic heterocycles. The fourth-order valence-corrected chi connectivity index (χ4v) is 7.40. The first-order valence-corrected chi connectivity index (χ1v) is 14.1. The number of piperidine rings is 1. The van der Waals surface area contributed by atoms with Crippen LogP contribution in [0.2, 0.25) is 0 Å². The minimum Gasteiger partial charge on any atom is -0.496 e. The van der Waals surface area contributed by atoms with Crippen molar-refractivity contribution in [3.05, 3.63) is 46.3 Å². The highest BCUT2D eigenvalue weighted by Gasteiger charge is 2.32. The molecular formula is C25H34N2O5S2. The van der Waals surface area contributed by atoms with E-state index in [0.717, 1.165) is 30.6 Å². The van der Waals surface area contributed by atoms with Gasteiger partial charge in [0.05, 0.1) is 7.11 Å². The summed E-state index contributed by atoms with van der Waals surface area (Å²) < 4.78 is 33.6. The molecule has 3 rings (SSSR count). The average Bonchev–Trinajstić information content (AvgIpc) is 3.31. The lowest BCUT2D eigenvalue weighted by atomic mass is 9.90. The van der Waals surface area contributed by atoms with Crippen LogP contribution in [0.5, 0.6) is 5.75 Å². The molecule has 2 heterocycles. The molecule has 1 aliphatic rings. The SMILES string of the molecule is CCCCCCC(=O)C1CCN(S(=O)(=O)c2ccc(Cc3c(OC)cccc3C(N)=O)s2)CC1. The van der Waals surface area contributed by atoms with Crippen LogP contribution in [0.4, 0.5) is 0 Å².